The van der Waals surface area contributed by atoms with Gasteiger partial charge >= 0.3 is 0 Å². The number of hydrogen-bond donors (Lipinski definition) is 0. The summed E-state index contributed by atoms with van der Waals surface area (Å²) in [4.78, 5) is 10.1. The van der Waals surface area contributed by atoms with Crippen molar-refractivity contribution in [2.24, 2.45) is 0 Å². The predicted octanol–water partition coefficient (Wildman–Crippen LogP) is 2.65. The fraction of sp³-hybridized carbons (Fsp3) is 0.286. The van der Waals surface area contributed by atoms with Gasteiger partial charge in [0.25, 0.3) is 0 Å². The summed E-state index contributed by atoms with van der Waals surface area (Å²) in [6.07, 6.45) is 3.17. The molecule has 0 spiro atoms. The van der Waals surface area contributed by atoms with Gasteiger partial charge in [-0.3, -0.25) is 4.98 Å². The topological polar surface area (TPSA) is 47.5 Å². The van der Waals surface area contributed by atoms with Crippen molar-refractivity contribution in [2.45, 2.75) is 0 Å². The average molecular weight is 294 g/mol. The molecule has 1 heterocycles. The maximum Gasteiger partial charge on any atom is 0.149 e. The summed E-state index contributed by atoms with van der Waals surface area (Å²) in [5, 5.41) is 0.380. The summed E-state index contributed by atoms with van der Waals surface area (Å²) in [6.45, 7) is 1.22. The van der Waals surface area contributed by atoms with Crippen molar-refractivity contribution in [1.29, 1.82) is 0 Å². The van der Waals surface area contributed by atoms with Gasteiger partial charge in [0.05, 0.1) is 26.0 Å². The number of halogens is 1. The maximum absolute atomic E-state index is 5.80. The van der Waals surface area contributed by atoms with Gasteiger partial charge < -0.3 is 14.4 Å². The number of hydrogen-bond acceptors (Lipinski definition) is 5. The first kappa shape index (κ1) is 14.4. The van der Waals surface area contributed by atoms with E-state index in [0.29, 0.717) is 18.3 Å². The third-order valence-electron chi connectivity index (χ3n) is 2.74. The monoisotopic (exact) mass is 293 g/mol. The van der Waals surface area contributed by atoms with Crippen molar-refractivity contribution in [2.75, 3.05) is 32.2 Å². The summed E-state index contributed by atoms with van der Waals surface area (Å²) < 4.78 is 10.7. The third-order valence-corrected chi connectivity index (χ3v) is 2.92. The van der Waals surface area contributed by atoms with Gasteiger partial charge in [-0.15, -0.1) is 0 Å². The van der Waals surface area contributed by atoms with Crippen molar-refractivity contribution in [3.8, 4) is 11.5 Å². The van der Waals surface area contributed by atoms with Gasteiger partial charge in [0, 0.05) is 7.05 Å². The lowest BCUT2D eigenvalue weighted by Gasteiger charge is -2.18. The Morgan fingerprint density at radius 2 is 1.85 bits per heavy atom. The molecule has 2 rings (SSSR count). The highest BCUT2D eigenvalue weighted by Gasteiger charge is 2.04. The molecule has 20 heavy (non-hydrogen) atoms. The molecule has 0 aliphatic heterocycles. The zero-order valence-corrected chi connectivity index (χ0v) is 12.2. The van der Waals surface area contributed by atoms with E-state index in [1.54, 1.807) is 13.3 Å². The molecule has 0 unspecified atom stereocenters. The van der Waals surface area contributed by atoms with E-state index in [1.165, 1.54) is 6.20 Å². The van der Waals surface area contributed by atoms with Crippen LogP contribution in [0.25, 0.3) is 0 Å². The highest BCUT2D eigenvalue weighted by Crippen LogP contribution is 2.17. The summed E-state index contributed by atoms with van der Waals surface area (Å²) in [5.74, 6) is 2.33. The molecule has 0 aliphatic carbocycles. The molecule has 5 nitrogen and oxygen atoms in total. The molecule has 0 aliphatic rings. The number of methoxy groups -OCH3 is 1. The van der Waals surface area contributed by atoms with Crippen LogP contribution in [-0.4, -0.2) is 37.3 Å². The van der Waals surface area contributed by atoms with Crippen molar-refractivity contribution in [1.82, 2.24) is 9.97 Å². The quantitative estimate of drug-likeness (QED) is 0.819. The van der Waals surface area contributed by atoms with Crippen LogP contribution >= 0.6 is 11.6 Å². The second-order valence-electron chi connectivity index (χ2n) is 4.15. The fourth-order valence-corrected chi connectivity index (χ4v) is 1.75. The molecule has 106 valence electrons. The molecular formula is C14H16ClN3O2. The molecule has 0 fully saturated rings. The van der Waals surface area contributed by atoms with Crippen LogP contribution in [0.5, 0.6) is 11.5 Å². The molecule has 0 bridgehead atoms. The lowest BCUT2D eigenvalue weighted by molar-refractivity contribution is 0.324. The van der Waals surface area contributed by atoms with Crippen LogP contribution in [-0.2, 0) is 0 Å². The number of nitrogens with zero attached hydrogens (tertiary/aromatic N) is 3. The number of aromatic nitrogens is 2. The molecule has 0 saturated heterocycles. The normalized spacial score (nSPS) is 10.2. The van der Waals surface area contributed by atoms with Crippen LogP contribution in [0.1, 0.15) is 0 Å². The smallest absolute Gasteiger partial charge is 0.149 e. The van der Waals surface area contributed by atoms with Gasteiger partial charge in [-0.05, 0) is 24.3 Å². The van der Waals surface area contributed by atoms with Gasteiger partial charge in [-0.1, -0.05) is 11.6 Å². The van der Waals surface area contributed by atoms with Crippen LogP contribution in [0.15, 0.2) is 36.7 Å². The van der Waals surface area contributed by atoms with Crippen LogP contribution in [0.3, 0.4) is 0 Å². The Kier molecular flexibility index (Phi) is 5.01. The SMILES string of the molecule is COc1ccc(OCCN(C)c2cncc(Cl)n2)cc1. The Labute approximate surface area is 123 Å². The van der Waals surface area contributed by atoms with E-state index in [9.17, 15) is 0 Å². The van der Waals surface area contributed by atoms with Crippen LogP contribution < -0.4 is 14.4 Å². The molecule has 1 aromatic carbocycles. The number of rotatable bonds is 6. The lowest BCUT2D eigenvalue weighted by atomic mass is 10.3. The van der Waals surface area contributed by atoms with Crippen molar-refractivity contribution >= 4 is 17.4 Å². The van der Waals surface area contributed by atoms with Crippen LogP contribution in [0, 0.1) is 0 Å². The van der Waals surface area contributed by atoms with Crippen LogP contribution in [0.2, 0.25) is 5.15 Å². The van der Waals surface area contributed by atoms with Gasteiger partial charge in [0.2, 0.25) is 0 Å². The Morgan fingerprint density at radius 1 is 1.15 bits per heavy atom. The fourth-order valence-electron chi connectivity index (χ4n) is 1.60. The maximum atomic E-state index is 5.80. The first-order valence-corrected chi connectivity index (χ1v) is 6.52. The van der Waals surface area contributed by atoms with E-state index in [4.69, 9.17) is 21.1 Å². The highest BCUT2D eigenvalue weighted by atomic mass is 35.5. The number of ether oxygens (including phenoxy) is 2. The first-order chi connectivity index (χ1) is 9.69. The highest BCUT2D eigenvalue weighted by molar-refractivity contribution is 6.29. The second-order valence-corrected chi connectivity index (χ2v) is 4.53. The first-order valence-electron chi connectivity index (χ1n) is 6.14. The van der Waals surface area contributed by atoms with E-state index < -0.39 is 0 Å². The Balaban J connectivity index is 1.82. The minimum Gasteiger partial charge on any atom is -0.497 e. The third kappa shape index (κ3) is 3.99. The predicted molar refractivity (Wildman–Crippen MR) is 78.8 cm³/mol. The van der Waals surface area contributed by atoms with Gasteiger partial charge in [0.1, 0.15) is 29.1 Å². The van der Waals surface area contributed by atoms with Crippen molar-refractivity contribution in [3.63, 3.8) is 0 Å². The number of benzene rings is 1. The largest absolute Gasteiger partial charge is 0.497 e. The molecule has 0 saturated carbocycles. The number of likely N-dealkylation sites (N-methyl/N-ethyl adjacent to an activating group) is 1. The molecule has 0 N–H and O–H groups in total. The standard InChI is InChI=1S/C14H16ClN3O2/c1-18(14-10-16-9-13(15)17-14)7-8-20-12-5-3-11(19-2)4-6-12/h3-6,9-10H,7-8H2,1-2H3. The summed E-state index contributed by atoms with van der Waals surface area (Å²) in [7, 11) is 3.55. The molecule has 6 heteroatoms. The van der Waals surface area contributed by atoms with E-state index in [2.05, 4.69) is 9.97 Å². The molecule has 1 aromatic heterocycles. The van der Waals surface area contributed by atoms with E-state index in [-0.39, 0.29) is 0 Å². The Morgan fingerprint density at radius 3 is 2.50 bits per heavy atom. The van der Waals surface area contributed by atoms with Gasteiger partial charge in [-0.2, -0.15) is 0 Å². The van der Waals surface area contributed by atoms with Gasteiger partial charge in [0.15, 0.2) is 0 Å². The zero-order chi connectivity index (χ0) is 14.4. The molecule has 0 atom stereocenters. The molecule has 0 amide bonds. The van der Waals surface area contributed by atoms with E-state index in [1.807, 2.05) is 36.2 Å². The lowest BCUT2D eigenvalue weighted by Crippen LogP contribution is -2.24. The summed E-state index contributed by atoms with van der Waals surface area (Å²) >= 11 is 5.80. The van der Waals surface area contributed by atoms with Crippen molar-refractivity contribution < 1.29 is 9.47 Å². The zero-order valence-electron chi connectivity index (χ0n) is 11.4. The average Bonchev–Trinajstić information content (AvgIpc) is 2.48. The minimum atomic E-state index is 0.380. The summed E-state index contributed by atoms with van der Waals surface area (Å²) in [6, 6.07) is 7.47. The van der Waals surface area contributed by atoms with E-state index >= 15 is 0 Å². The Hall–Kier alpha value is -2.01. The molecular weight excluding hydrogens is 278 g/mol. The Bertz CT molecular complexity index is 548. The minimum absolute atomic E-state index is 0.380. The van der Waals surface area contributed by atoms with Gasteiger partial charge in [-0.25, -0.2) is 4.98 Å². The molecule has 0 radical (unpaired) electrons. The summed E-state index contributed by atoms with van der Waals surface area (Å²) in [5.41, 5.74) is 0. The van der Waals surface area contributed by atoms with Crippen LogP contribution in [0.4, 0.5) is 5.82 Å². The van der Waals surface area contributed by atoms with Crippen molar-refractivity contribution in [3.05, 3.63) is 41.8 Å². The second kappa shape index (κ2) is 6.96. The number of anilines is 1. The molecule has 2 aromatic rings. The van der Waals surface area contributed by atoms with E-state index in [0.717, 1.165) is 17.3 Å².